The third kappa shape index (κ3) is 2.89. The quantitative estimate of drug-likeness (QED) is 0.776. The standard InChI is InChI=1S/C16H17N3OS/c1-11-3-4-14-13(7-11)15(19-10-18-14)17-9-16(2,20)12-5-6-21-8-12/h3-8,10,20H,9H2,1-2H3,(H,17,18,19). The van der Waals surface area contributed by atoms with E-state index in [9.17, 15) is 5.11 Å². The summed E-state index contributed by atoms with van der Waals surface area (Å²) in [5.41, 5.74) is 2.04. The predicted octanol–water partition coefficient (Wildman–Crippen LogP) is 3.32. The van der Waals surface area contributed by atoms with E-state index >= 15 is 0 Å². The van der Waals surface area contributed by atoms with Crippen LogP contribution in [-0.4, -0.2) is 21.6 Å². The molecule has 2 N–H and O–H groups in total. The van der Waals surface area contributed by atoms with Gasteiger partial charge in [-0.1, -0.05) is 11.6 Å². The fourth-order valence-corrected chi connectivity index (χ4v) is 3.02. The van der Waals surface area contributed by atoms with E-state index in [1.165, 1.54) is 0 Å². The van der Waals surface area contributed by atoms with Crippen molar-refractivity contribution < 1.29 is 5.11 Å². The van der Waals surface area contributed by atoms with Crippen LogP contribution in [0.5, 0.6) is 0 Å². The maximum Gasteiger partial charge on any atom is 0.137 e. The zero-order chi connectivity index (χ0) is 14.9. The number of aromatic nitrogens is 2. The second-order valence-electron chi connectivity index (χ2n) is 5.38. The van der Waals surface area contributed by atoms with E-state index in [0.717, 1.165) is 27.8 Å². The molecule has 0 saturated heterocycles. The van der Waals surface area contributed by atoms with E-state index in [4.69, 9.17) is 0 Å². The number of benzene rings is 1. The van der Waals surface area contributed by atoms with Gasteiger partial charge in [0.25, 0.3) is 0 Å². The molecule has 0 saturated carbocycles. The molecular weight excluding hydrogens is 282 g/mol. The first-order chi connectivity index (χ1) is 10.1. The summed E-state index contributed by atoms with van der Waals surface area (Å²) in [6.07, 6.45) is 1.54. The van der Waals surface area contributed by atoms with Crippen molar-refractivity contribution in [3.05, 3.63) is 52.5 Å². The number of fused-ring (bicyclic) bond motifs is 1. The van der Waals surface area contributed by atoms with E-state index in [-0.39, 0.29) is 0 Å². The lowest BCUT2D eigenvalue weighted by Crippen LogP contribution is -2.30. The minimum Gasteiger partial charge on any atom is -0.384 e. The molecule has 2 heterocycles. The third-order valence-electron chi connectivity index (χ3n) is 3.53. The molecule has 4 nitrogen and oxygen atoms in total. The van der Waals surface area contributed by atoms with Gasteiger partial charge in [-0.3, -0.25) is 0 Å². The van der Waals surface area contributed by atoms with Gasteiger partial charge in [0.15, 0.2) is 0 Å². The number of anilines is 1. The van der Waals surface area contributed by atoms with Gasteiger partial charge in [-0.15, -0.1) is 0 Å². The molecule has 0 bridgehead atoms. The van der Waals surface area contributed by atoms with Crippen molar-refractivity contribution in [3.8, 4) is 0 Å². The lowest BCUT2D eigenvalue weighted by Gasteiger charge is -2.23. The van der Waals surface area contributed by atoms with E-state index < -0.39 is 5.60 Å². The van der Waals surface area contributed by atoms with Crippen molar-refractivity contribution in [1.29, 1.82) is 0 Å². The maximum absolute atomic E-state index is 10.6. The largest absolute Gasteiger partial charge is 0.384 e. The van der Waals surface area contributed by atoms with Crippen LogP contribution in [0.3, 0.4) is 0 Å². The summed E-state index contributed by atoms with van der Waals surface area (Å²) in [5.74, 6) is 0.749. The highest BCUT2D eigenvalue weighted by molar-refractivity contribution is 7.08. The first kappa shape index (κ1) is 14.0. The Balaban J connectivity index is 1.87. The van der Waals surface area contributed by atoms with E-state index in [1.807, 2.05) is 35.9 Å². The van der Waals surface area contributed by atoms with Crippen molar-refractivity contribution in [2.45, 2.75) is 19.4 Å². The summed E-state index contributed by atoms with van der Waals surface area (Å²) < 4.78 is 0. The Labute approximate surface area is 127 Å². The topological polar surface area (TPSA) is 58.0 Å². The van der Waals surface area contributed by atoms with Gasteiger partial charge >= 0.3 is 0 Å². The van der Waals surface area contributed by atoms with Gasteiger partial charge in [0.2, 0.25) is 0 Å². The smallest absolute Gasteiger partial charge is 0.137 e. The lowest BCUT2D eigenvalue weighted by atomic mass is 9.99. The lowest BCUT2D eigenvalue weighted by molar-refractivity contribution is 0.0719. The predicted molar refractivity (Wildman–Crippen MR) is 86.7 cm³/mol. The molecule has 108 valence electrons. The number of thiophene rings is 1. The van der Waals surface area contributed by atoms with Gasteiger partial charge in [0, 0.05) is 11.9 Å². The van der Waals surface area contributed by atoms with Crippen LogP contribution in [0.25, 0.3) is 10.9 Å². The molecule has 0 aliphatic heterocycles. The van der Waals surface area contributed by atoms with Gasteiger partial charge in [0.05, 0.1) is 5.52 Å². The van der Waals surface area contributed by atoms with Crippen LogP contribution in [0, 0.1) is 6.92 Å². The highest BCUT2D eigenvalue weighted by Crippen LogP contribution is 2.25. The Bertz CT molecular complexity index is 753. The summed E-state index contributed by atoms with van der Waals surface area (Å²) >= 11 is 1.58. The molecular formula is C16H17N3OS. The van der Waals surface area contributed by atoms with Gasteiger partial charge in [0.1, 0.15) is 17.7 Å². The molecule has 1 aromatic carbocycles. The first-order valence-corrected chi connectivity index (χ1v) is 7.71. The summed E-state index contributed by atoms with van der Waals surface area (Å²) in [5, 5.41) is 18.7. The summed E-state index contributed by atoms with van der Waals surface area (Å²) in [6, 6.07) is 8.00. The Kier molecular flexibility index (Phi) is 3.61. The van der Waals surface area contributed by atoms with Crippen molar-refractivity contribution in [3.63, 3.8) is 0 Å². The highest BCUT2D eigenvalue weighted by atomic mass is 32.1. The minimum atomic E-state index is -0.929. The number of aryl methyl sites for hydroxylation is 1. The number of aliphatic hydroxyl groups is 1. The molecule has 2 aromatic heterocycles. The molecule has 0 radical (unpaired) electrons. The molecule has 1 unspecified atom stereocenters. The zero-order valence-electron chi connectivity index (χ0n) is 12.0. The van der Waals surface area contributed by atoms with Gasteiger partial charge in [-0.05, 0) is 48.4 Å². The number of nitrogens with one attached hydrogen (secondary N) is 1. The average Bonchev–Trinajstić information content (AvgIpc) is 3.00. The number of nitrogens with zero attached hydrogens (tertiary/aromatic N) is 2. The van der Waals surface area contributed by atoms with Crippen molar-refractivity contribution in [1.82, 2.24) is 9.97 Å². The van der Waals surface area contributed by atoms with Gasteiger partial charge in [-0.2, -0.15) is 11.3 Å². The molecule has 0 aliphatic rings. The van der Waals surface area contributed by atoms with Crippen LogP contribution >= 0.6 is 11.3 Å². The molecule has 0 aliphatic carbocycles. The molecule has 0 fully saturated rings. The average molecular weight is 299 g/mol. The van der Waals surface area contributed by atoms with Crippen molar-refractivity contribution in [2.24, 2.45) is 0 Å². The van der Waals surface area contributed by atoms with Crippen LogP contribution in [0.1, 0.15) is 18.1 Å². The minimum absolute atomic E-state index is 0.393. The number of hydrogen-bond acceptors (Lipinski definition) is 5. The molecule has 3 rings (SSSR count). The maximum atomic E-state index is 10.6. The molecule has 5 heteroatoms. The van der Waals surface area contributed by atoms with Gasteiger partial charge < -0.3 is 10.4 Å². The Morgan fingerprint density at radius 2 is 2.14 bits per heavy atom. The van der Waals surface area contributed by atoms with Crippen LogP contribution < -0.4 is 5.32 Å². The second kappa shape index (κ2) is 5.42. The van der Waals surface area contributed by atoms with Crippen molar-refractivity contribution >= 4 is 28.1 Å². The van der Waals surface area contributed by atoms with Gasteiger partial charge in [-0.25, -0.2) is 9.97 Å². The Morgan fingerprint density at radius 1 is 1.29 bits per heavy atom. The molecule has 1 atom stereocenters. The fraction of sp³-hybridized carbons (Fsp3) is 0.250. The number of hydrogen-bond donors (Lipinski definition) is 2. The normalized spacial score (nSPS) is 14.0. The Hall–Kier alpha value is -1.98. The monoisotopic (exact) mass is 299 g/mol. The summed E-state index contributed by atoms with van der Waals surface area (Å²) in [6.45, 7) is 4.23. The van der Waals surface area contributed by atoms with Crippen LogP contribution in [0.15, 0.2) is 41.4 Å². The highest BCUT2D eigenvalue weighted by Gasteiger charge is 2.23. The Morgan fingerprint density at radius 3 is 2.90 bits per heavy atom. The zero-order valence-corrected chi connectivity index (χ0v) is 12.8. The molecule has 0 amide bonds. The number of rotatable bonds is 4. The van der Waals surface area contributed by atoms with Crippen LogP contribution in [-0.2, 0) is 5.60 Å². The van der Waals surface area contributed by atoms with Crippen LogP contribution in [0.2, 0.25) is 0 Å². The summed E-state index contributed by atoms with van der Waals surface area (Å²) in [7, 11) is 0. The molecule has 0 spiro atoms. The first-order valence-electron chi connectivity index (χ1n) is 6.76. The SMILES string of the molecule is Cc1ccc2ncnc(NCC(C)(O)c3ccsc3)c2c1. The third-order valence-corrected chi connectivity index (χ3v) is 4.22. The molecule has 3 aromatic rings. The van der Waals surface area contributed by atoms with Crippen LogP contribution in [0.4, 0.5) is 5.82 Å². The van der Waals surface area contributed by atoms with E-state index in [2.05, 4.69) is 21.4 Å². The van der Waals surface area contributed by atoms with E-state index in [0.29, 0.717) is 6.54 Å². The molecule has 21 heavy (non-hydrogen) atoms. The second-order valence-corrected chi connectivity index (χ2v) is 6.16. The fourth-order valence-electron chi connectivity index (χ4n) is 2.24. The van der Waals surface area contributed by atoms with Crippen molar-refractivity contribution in [2.75, 3.05) is 11.9 Å². The van der Waals surface area contributed by atoms with E-state index in [1.54, 1.807) is 24.6 Å². The summed E-state index contributed by atoms with van der Waals surface area (Å²) in [4.78, 5) is 8.57.